The van der Waals surface area contributed by atoms with Gasteiger partial charge in [0.2, 0.25) is 0 Å². The molecule has 3 aromatic carbocycles. The van der Waals surface area contributed by atoms with Gasteiger partial charge in [0.1, 0.15) is 5.82 Å². The molecule has 0 spiro atoms. The second-order valence-electron chi connectivity index (χ2n) is 7.71. The monoisotopic (exact) mass is 488 g/mol. The first-order valence-corrected chi connectivity index (χ1v) is 10.8. The molecule has 0 atom stereocenters. The van der Waals surface area contributed by atoms with Crippen molar-refractivity contribution in [2.75, 3.05) is 28.6 Å². The van der Waals surface area contributed by atoms with E-state index in [-0.39, 0.29) is 25.2 Å². The van der Waals surface area contributed by atoms with Gasteiger partial charge in [0, 0.05) is 24.5 Å². The second-order valence-corrected chi connectivity index (χ2v) is 7.71. The van der Waals surface area contributed by atoms with Crippen molar-refractivity contribution >= 4 is 29.1 Å². The number of urea groups is 2. The number of nitrogens with one attached hydrogen (secondary N) is 3. The standard InChI is InChI=1S/C25H24F4N4O2/c1-17-6-4-7-19(16-17)31-24(35)33(20-12-10-18(26)11-13-20)15-5-14-30-23(34)32-22-9-3-2-8-21(22)25(27,28)29/h2-4,6-13,16H,5,14-15H2,1H3,(H,31,35)(H2,30,32,34). The van der Waals surface area contributed by atoms with E-state index in [1.54, 1.807) is 18.2 Å². The zero-order valence-electron chi connectivity index (χ0n) is 18.8. The SMILES string of the molecule is Cc1cccc(NC(=O)N(CCCNC(=O)Nc2ccccc2C(F)(F)F)c2ccc(F)cc2)c1. The van der Waals surface area contributed by atoms with E-state index in [2.05, 4.69) is 16.0 Å². The third-order valence-electron chi connectivity index (χ3n) is 4.98. The predicted octanol–water partition coefficient (Wildman–Crippen LogP) is 6.40. The zero-order valence-corrected chi connectivity index (χ0v) is 18.8. The summed E-state index contributed by atoms with van der Waals surface area (Å²) in [6.45, 7) is 2.12. The maximum absolute atomic E-state index is 13.4. The molecule has 10 heteroatoms. The Morgan fingerprint density at radius 2 is 1.63 bits per heavy atom. The zero-order chi connectivity index (χ0) is 25.4. The Kier molecular flexibility index (Phi) is 8.30. The minimum absolute atomic E-state index is 0.0788. The molecule has 3 aromatic rings. The molecule has 0 bridgehead atoms. The van der Waals surface area contributed by atoms with E-state index in [1.807, 2.05) is 13.0 Å². The lowest BCUT2D eigenvalue weighted by atomic mass is 10.1. The van der Waals surface area contributed by atoms with Gasteiger partial charge in [0.25, 0.3) is 0 Å². The number of aryl methyl sites for hydroxylation is 1. The van der Waals surface area contributed by atoms with Crippen LogP contribution in [0.5, 0.6) is 0 Å². The molecule has 0 unspecified atom stereocenters. The third kappa shape index (κ3) is 7.46. The highest BCUT2D eigenvalue weighted by atomic mass is 19.4. The Balaban J connectivity index is 1.60. The Morgan fingerprint density at radius 1 is 0.914 bits per heavy atom. The molecule has 0 saturated carbocycles. The van der Waals surface area contributed by atoms with Crippen molar-refractivity contribution < 1.29 is 27.2 Å². The van der Waals surface area contributed by atoms with Crippen molar-refractivity contribution in [3.05, 3.63) is 89.7 Å². The number of hydrogen-bond acceptors (Lipinski definition) is 2. The summed E-state index contributed by atoms with van der Waals surface area (Å²) in [4.78, 5) is 26.4. The summed E-state index contributed by atoms with van der Waals surface area (Å²) in [6.07, 6.45) is -4.32. The van der Waals surface area contributed by atoms with E-state index >= 15 is 0 Å². The van der Waals surface area contributed by atoms with Gasteiger partial charge in [-0.25, -0.2) is 14.0 Å². The van der Waals surface area contributed by atoms with Gasteiger partial charge >= 0.3 is 18.2 Å². The number of anilines is 3. The lowest BCUT2D eigenvalue weighted by molar-refractivity contribution is -0.136. The summed E-state index contributed by atoms with van der Waals surface area (Å²) in [5, 5.41) is 7.47. The Hall–Kier alpha value is -4.08. The van der Waals surface area contributed by atoms with E-state index in [0.29, 0.717) is 11.4 Å². The maximum Gasteiger partial charge on any atom is 0.418 e. The van der Waals surface area contributed by atoms with Gasteiger partial charge in [-0.1, -0.05) is 24.3 Å². The van der Waals surface area contributed by atoms with Crippen molar-refractivity contribution in [3.8, 4) is 0 Å². The number of nitrogens with zero attached hydrogens (tertiary/aromatic N) is 1. The molecule has 0 aliphatic heterocycles. The molecule has 0 radical (unpaired) electrons. The fraction of sp³-hybridized carbons (Fsp3) is 0.200. The minimum Gasteiger partial charge on any atom is -0.338 e. The molecule has 0 aliphatic carbocycles. The number of rotatable bonds is 7. The van der Waals surface area contributed by atoms with Crippen LogP contribution in [0.15, 0.2) is 72.8 Å². The van der Waals surface area contributed by atoms with Crippen LogP contribution in [0.2, 0.25) is 0 Å². The molecule has 6 nitrogen and oxygen atoms in total. The van der Waals surface area contributed by atoms with Crippen molar-refractivity contribution in [3.63, 3.8) is 0 Å². The van der Waals surface area contributed by atoms with Crippen LogP contribution in [-0.4, -0.2) is 25.2 Å². The van der Waals surface area contributed by atoms with E-state index in [0.717, 1.165) is 17.7 Å². The fourth-order valence-electron chi connectivity index (χ4n) is 3.33. The van der Waals surface area contributed by atoms with Gasteiger partial charge in [-0.3, -0.25) is 4.90 Å². The first-order valence-electron chi connectivity index (χ1n) is 10.8. The van der Waals surface area contributed by atoms with Crippen LogP contribution in [0.25, 0.3) is 0 Å². The molecule has 4 amide bonds. The number of hydrogen-bond donors (Lipinski definition) is 3. The van der Waals surface area contributed by atoms with Crippen molar-refractivity contribution in [2.45, 2.75) is 19.5 Å². The van der Waals surface area contributed by atoms with Crippen molar-refractivity contribution in [2.24, 2.45) is 0 Å². The van der Waals surface area contributed by atoms with Crippen LogP contribution in [0.1, 0.15) is 17.5 Å². The average Bonchev–Trinajstić information content (AvgIpc) is 2.79. The number of halogens is 4. The third-order valence-corrected chi connectivity index (χ3v) is 4.98. The van der Waals surface area contributed by atoms with Crippen molar-refractivity contribution in [1.82, 2.24) is 5.32 Å². The molecule has 184 valence electrons. The van der Waals surface area contributed by atoms with E-state index < -0.39 is 29.6 Å². The van der Waals surface area contributed by atoms with Crippen molar-refractivity contribution in [1.29, 1.82) is 0 Å². The number of alkyl halides is 3. The fourth-order valence-corrected chi connectivity index (χ4v) is 3.33. The highest BCUT2D eigenvalue weighted by Crippen LogP contribution is 2.34. The predicted molar refractivity (Wildman–Crippen MR) is 127 cm³/mol. The molecular formula is C25H24F4N4O2. The van der Waals surface area contributed by atoms with Gasteiger partial charge in [-0.15, -0.1) is 0 Å². The molecule has 0 aliphatic rings. The summed E-state index contributed by atoms with van der Waals surface area (Å²) >= 11 is 0. The summed E-state index contributed by atoms with van der Waals surface area (Å²) in [5.41, 5.74) is 0.676. The number of benzene rings is 3. The smallest absolute Gasteiger partial charge is 0.338 e. The number of para-hydroxylation sites is 1. The molecular weight excluding hydrogens is 464 g/mol. The largest absolute Gasteiger partial charge is 0.418 e. The van der Waals surface area contributed by atoms with Crippen LogP contribution in [0, 0.1) is 12.7 Å². The molecule has 0 saturated heterocycles. The lowest BCUT2D eigenvalue weighted by Crippen LogP contribution is -2.38. The van der Waals surface area contributed by atoms with E-state index in [1.165, 1.54) is 41.3 Å². The van der Waals surface area contributed by atoms with Gasteiger partial charge in [-0.2, -0.15) is 13.2 Å². The molecule has 3 rings (SSSR count). The van der Waals surface area contributed by atoms with Gasteiger partial charge in [0.05, 0.1) is 11.3 Å². The molecule has 35 heavy (non-hydrogen) atoms. The number of carbonyl (C=O) groups is 2. The highest BCUT2D eigenvalue weighted by Gasteiger charge is 2.33. The Labute approximate surface area is 199 Å². The first kappa shape index (κ1) is 25.5. The first-order chi connectivity index (χ1) is 16.6. The van der Waals surface area contributed by atoms with Crippen LogP contribution in [0.3, 0.4) is 0 Å². The Bertz CT molecular complexity index is 1170. The minimum atomic E-state index is -4.61. The average molecular weight is 488 g/mol. The molecule has 3 N–H and O–H groups in total. The molecule has 0 aromatic heterocycles. The molecule has 0 heterocycles. The van der Waals surface area contributed by atoms with Gasteiger partial charge < -0.3 is 16.0 Å². The second kappa shape index (κ2) is 11.4. The Morgan fingerprint density at radius 3 is 2.31 bits per heavy atom. The van der Waals surface area contributed by atoms with Crippen LogP contribution in [0.4, 0.5) is 44.2 Å². The summed E-state index contributed by atoms with van der Waals surface area (Å²) < 4.78 is 52.7. The number of carbonyl (C=O) groups excluding carboxylic acids is 2. The quantitative estimate of drug-likeness (QED) is 0.266. The highest BCUT2D eigenvalue weighted by molar-refractivity contribution is 6.01. The van der Waals surface area contributed by atoms with E-state index in [4.69, 9.17) is 0 Å². The summed E-state index contributed by atoms with van der Waals surface area (Å²) in [5.74, 6) is -0.453. The van der Waals surface area contributed by atoms with Crippen LogP contribution in [-0.2, 0) is 6.18 Å². The topological polar surface area (TPSA) is 73.5 Å². The van der Waals surface area contributed by atoms with Crippen LogP contribution < -0.4 is 20.9 Å². The molecule has 0 fully saturated rings. The van der Waals surface area contributed by atoms with Gasteiger partial charge in [0.15, 0.2) is 0 Å². The lowest BCUT2D eigenvalue weighted by Gasteiger charge is -2.23. The van der Waals surface area contributed by atoms with Gasteiger partial charge in [-0.05, 0) is 67.4 Å². The summed E-state index contributed by atoms with van der Waals surface area (Å²) in [7, 11) is 0. The maximum atomic E-state index is 13.4. The normalized spacial score (nSPS) is 11.0. The number of amides is 4. The van der Waals surface area contributed by atoms with Crippen LogP contribution >= 0.6 is 0 Å². The summed E-state index contributed by atoms with van der Waals surface area (Å²) in [6, 6.07) is 16.0. The van der Waals surface area contributed by atoms with E-state index in [9.17, 15) is 27.2 Å².